The van der Waals surface area contributed by atoms with Gasteiger partial charge >= 0.3 is 0 Å². The molecule has 0 aliphatic carbocycles. The van der Waals surface area contributed by atoms with Gasteiger partial charge in [-0.05, 0) is 43.5 Å². The van der Waals surface area contributed by atoms with Crippen molar-refractivity contribution in [2.45, 2.75) is 55.7 Å². The van der Waals surface area contributed by atoms with Gasteiger partial charge in [0.1, 0.15) is 11.8 Å². The highest BCUT2D eigenvalue weighted by atomic mass is 32.2. The number of furan rings is 1. The van der Waals surface area contributed by atoms with Crippen molar-refractivity contribution in [1.29, 1.82) is 0 Å². The van der Waals surface area contributed by atoms with Gasteiger partial charge in [0.15, 0.2) is 5.78 Å². The van der Waals surface area contributed by atoms with Gasteiger partial charge < -0.3 is 14.5 Å². The van der Waals surface area contributed by atoms with E-state index in [4.69, 9.17) is 9.15 Å². The number of ether oxygens (including phenoxy) is 1. The van der Waals surface area contributed by atoms with E-state index in [0.717, 1.165) is 12.8 Å². The molecule has 3 rings (SSSR count). The molecule has 1 aliphatic rings. The molecule has 1 aromatic heterocycles. The molecule has 3 unspecified atom stereocenters. The highest BCUT2D eigenvalue weighted by molar-refractivity contribution is 7.89. The zero-order chi connectivity index (χ0) is 23.7. The number of nitrogens with one attached hydrogen (secondary N) is 3. The van der Waals surface area contributed by atoms with Gasteiger partial charge in [-0.25, -0.2) is 13.1 Å². The van der Waals surface area contributed by atoms with E-state index in [2.05, 4.69) is 15.4 Å². The topological polar surface area (TPSA) is 127 Å². The smallest absolute Gasteiger partial charge is 0.240 e. The molecule has 1 aliphatic heterocycles. The molecule has 0 bridgehead atoms. The van der Waals surface area contributed by atoms with Crippen LogP contribution >= 0.6 is 0 Å². The van der Waals surface area contributed by atoms with Crippen LogP contribution in [0.5, 0.6) is 0 Å². The minimum Gasteiger partial charge on any atom is -0.467 e. The van der Waals surface area contributed by atoms with Crippen LogP contribution < -0.4 is 15.4 Å². The summed E-state index contributed by atoms with van der Waals surface area (Å²) in [6.45, 7) is 2.60. The molecule has 9 nitrogen and oxygen atoms in total. The Balaban J connectivity index is 1.67. The number of hydrogen-bond donors (Lipinski definition) is 3. The zero-order valence-electron chi connectivity index (χ0n) is 18.7. The van der Waals surface area contributed by atoms with Crippen molar-refractivity contribution in [1.82, 2.24) is 15.4 Å². The first kappa shape index (κ1) is 25.1. The molecule has 33 heavy (non-hydrogen) atoms. The molecule has 1 aromatic carbocycles. The second-order valence-corrected chi connectivity index (χ2v) is 9.71. The summed E-state index contributed by atoms with van der Waals surface area (Å²) in [4.78, 5) is 26.0. The fourth-order valence-corrected chi connectivity index (χ4v) is 4.68. The second-order valence-electron chi connectivity index (χ2n) is 7.94. The van der Waals surface area contributed by atoms with E-state index in [1.54, 1.807) is 30.3 Å². The number of hydrogen-bond acceptors (Lipinski definition) is 7. The summed E-state index contributed by atoms with van der Waals surface area (Å²) in [6, 6.07) is 9.44. The van der Waals surface area contributed by atoms with Crippen LogP contribution in [-0.2, 0) is 24.3 Å². The maximum absolute atomic E-state index is 13.0. The van der Waals surface area contributed by atoms with Gasteiger partial charge in [-0.3, -0.25) is 14.9 Å². The molecule has 1 amide bonds. The predicted molar refractivity (Wildman–Crippen MR) is 122 cm³/mol. The van der Waals surface area contributed by atoms with Crippen LogP contribution in [-0.4, -0.2) is 52.0 Å². The Bertz CT molecular complexity index is 988. The number of sulfonamides is 1. The van der Waals surface area contributed by atoms with Crippen molar-refractivity contribution >= 4 is 21.7 Å². The summed E-state index contributed by atoms with van der Waals surface area (Å²) < 4.78 is 38.3. The van der Waals surface area contributed by atoms with E-state index < -0.39 is 34.4 Å². The van der Waals surface area contributed by atoms with E-state index in [-0.39, 0.29) is 16.9 Å². The number of amides is 1. The molecule has 0 saturated carbocycles. The van der Waals surface area contributed by atoms with Crippen LogP contribution in [0, 0.1) is 0 Å². The highest BCUT2D eigenvalue weighted by Crippen LogP contribution is 2.18. The van der Waals surface area contributed by atoms with E-state index >= 15 is 0 Å². The van der Waals surface area contributed by atoms with Crippen molar-refractivity contribution in [2.75, 3.05) is 19.7 Å². The van der Waals surface area contributed by atoms with Crippen LogP contribution in [0.25, 0.3) is 0 Å². The molecule has 10 heteroatoms. The predicted octanol–water partition coefficient (Wildman–Crippen LogP) is 1.92. The Labute approximate surface area is 194 Å². The monoisotopic (exact) mass is 477 g/mol. The molecule has 0 radical (unpaired) electrons. The Morgan fingerprint density at radius 1 is 1.15 bits per heavy atom. The number of carbonyl (C=O) groups is 2. The lowest BCUT2D eigenvalue weighted by molar-refractivity contribution is -0.125. The third kappa shape index (κ3) is 7.23. The molecule has 2 heterocycles. The molecule has 0 spiro atoms. The van der Waals surface area contributed by atoms with Crippen LogP contribution in [0.2, 0.25) is 0 Å². The summed E-state index contributed by atoms with van der Waals surface area (Å²) in [6.07, 6.45) is 4.53. The molecule has 2 aromatic rings. The first-order valence-electron chi connectivity index (χ1n) is 11.2. The average Bonchev–Trinajstić information content (AvgIpc) is 3.54. The van der Waals surface area contributed by atoms with Gasteiger partial charge in [0, 0.05) is 13.2 Å². The third-order valence-corrected chi connectivity index (χ3v) is 6.85. The van der Waals surface area contributed by atoms with Gasteiger partial charge in [0.2, 0.25) is 15.9 Å². The zero-order valence-corrected chi connectivity index (χ0v) is 19.5. The maximum Gasteiger partial charge on any atom is 0.240 e. The standard InChI is InChI=1S/C23H31N3O6S/c1-2-8-19(23(28)24-15-17-9-6-13-31-17)26-22(21-12-7-14-32-21)20(27)16-25-33(29,30)18-10-4-3-5-11-18/h3-5,7,10-12,14,17,19,22,25-26H,2,6,8-9,13,15-16H2,1H3,(H,24,28). The second kappa shape index (κ2) is 12.1. The first-order chi connectivity index (χ1) is 15.9. The van der Waals surface area contributed by atoms with Crippen LogP contribution in [0.4, 0.5) is 0 Å². The molecule has 3 N–H and O–H groups in total. The van der Waals surface area contributed by atoms with Gasteiger partial charge in [-0.1, -0.05) is 31.5 Å². The van der Waals surface area contributed by atoms with Crippen molar-refractivity contribution in [3.05, 3.63) is 54.5 Å². The summed E-state index contributed by atoms with van der Waals surface area (Å²) in [5, 5.41) is 5.97. The fraction of sp³-hybridized carbons (Fsp3) is 0.478. The normalized spacial score (nSPS) is 18.0. The number of ketones is 1. The van der Waals surface area contributed by atoms with E-state index in [0.29, 0.717) is 31.8 Å². The van der Waals surface area contributed by atoms with Crippen LogP contribution in [0.3, 0.4) is 0 Å². The molecular weight excluding hydrogens is 446 g/mol. The SMILES string of the molecule is CCCC(NC(C(=O)CNS(=O)(=O)c1ccccc1)c1ccco1)C(=O)NCC1CCCO1. The molecule has 1 fully saturated rings. The van der Waals surface area contributed by atoms with Crippen molar-refractivity contribution in [3.8, 4) is 0 Å². The Morgan fingerprint density at radius 2 is 1.94 bits per heavy atom. The Morgan fingerprint density at radius 3 is 2.58 bits per heavy atom. The van der Waals surface area contributed by atoms with Gasteiger partial charge in [-0.2, -0.15) is 0 Å². The quantitative estimate of drug-likeness (QED) is 0.402. The van der Waals surface area contributed by atoms with Crippen molar-refractivity contribution in [2.24, 2.45) is 0 Å². The Kier molecular flexibility index (Phi) is 9.19. The molecule has 1 saturated heterocycles. The van der Waals surface area contributed by atoms with E-state index in [1.807, 2.05) is 6.92 Å². The summed E-state index contributed by atoms with van der Waals surface area (Å²) in [5.74, 6) is -0.383. The lowest BCUT2D eigenvalue weighted by Gasteiger charge is -2.24. The van der Waals surface area contributed by atoms with Gasteiger partial charge in [-0.15, -0.1) is 0 Å². The van der Waals surface area contributed by atoms with Crippen LogP contribution in [0.15, 0.2) is 58.0 Å². The average molecular weight is 478 g/mol. The van der Waals surface area contributed by atoms with Gasteiger partial charge in [0.05, 0.1) is 29.8 Å². The molecule has 180 valence electrons. The lowest BCUT2D eigenvalue weighted by atomic mass is 10.1. The Hall–Kier alpha value is -2.53. The number of rotatable bonds is 13. The number of Topliss-reactive ketones (excluding diaryl/α,β-unsaturated/α-hetero) is 1. The van der Waals surface area contributed by atoms with Crippen molar-refractivity contribution in [3.63, 3.8) is 0 Å². The summed E-state index contributed by atoms with van der Waals surface area (Å²) in [7, 11) is -3.85. The third-order valence-electron chi connectivity index (χ3n) is 5.43. The number of carbonyl (C=O) groups excluding carboxylic acids is 2. The molecular formula is C23H31N3O6S. The highest BCUT2D eigenvalue weighted by Gasteiger charge is 2.30. The minimum absolute atomic E-state index is 0.00567. The summed E-state index contributed by atoms with van der Waals surface area (Å²) >= 11 is 0. The maximum atomic E-state index is 13.0. The van der Waals surface area contributed by atoms with Crippen LogP contribution in [0.1, 0.15) is 44.4 Å². The molecule has 3 atom stereocenters. The fourth-order valence-electron chi connectivity index (χ4n) is 3.66. The van der Waals surface area contributed by atoms with Gasteiger partial charge in [0.25, 0.3) is 0 Å². The van der Waals surface area contributed by atoms with Crippen molar-refractivity contribution < 1.29 is 27.2 Å². The number of benzene rings is 1. The lowest BCUT2D eigenvalue weighted by Crippen LogP contribution is -2.49. The minimum atomic E-state index is -3.85. The largest absolute Gasteiger partial charge is 0.467 e. The first-order valence-corrected chi connectivity index (χ1v) is 12.6. The van der Waals surface area contributed by atoms with E-state index in [9.17, 15) is 18.0 Å². The van der Waals surface area contributed by atoms with E-state index in [1.165, 1.54) is 18.4 Å². The summed E-state index contributed by atoms with van der Waals surface area (Å²) in [5.41, 5.74) is 0.